The summed E-state index contributed by atoms with van der Waals surface area (Å²) >= 11 is 0. The molecule has 1 aliphatic heterocycles. The summed E-state index contributed by atoms with van der Waals surface area (Å²) in [7, 11) is 0. The van der Waals surface area contributed by atoms with Crippen LogP contribution in [0.15, 0.2) is 60.7 Å². The number of likely N-dealkylation sites (tertiary alicyclic amines) is 1. The summed E-state index contributed by atoms with van der Waals surface area (Å²) in [6.07, 6.45) is 0.282. The number of nitrogens with two attached hydrogens (primary N) is 1. The lowest BCUT2D eigenvalue weighted by atomic mass is 9.86. The molecule has 3 N–H and O–H groups in total. The summed E-state index contributed by atoms with van der Waals surface area (Å²) in [5.74, 6) is -0.0285. The number of ether oxygens (including phenoxy) is 1. The molecule has 1 amide bonds. The summed E-state index contributed by atoms with van der Waals surface area (Å²) in [6, 6.07) is 18.9. The molecular weight excluding hydrogens is 316 g/mol. The zero-order chi connectivity index (χ0) is 17.6. The molecule has 0 unspecified atom stereocenters. The van der Waals surface area contributed by atoms with Crippen molar-refractivity contribution in [3.63, 3.8) is 0 Å². The van der Waals surface area contributed by atoms with Gasteiger partial charge in [0.1, 0.15) is 6.61 Å². The number of nitrogens with zero attached hydrogens (tertiary/aromatic N) is 1. The van der Waals surface area contributed by atoms with Crippen LogP contribution in [-0.2, 0) is 11.3 Å². The van der Waals surface area contributed by atoms with Gasteiger partial charge in [0.2, 0.25) is 0 Å². The predicted octanol–water partition coefficient (Wildman–Crippen LogP) is 2.71. The Hall–Kier alpha value is -2.37. The van der Waals surface area contributed by atoms with Gasteiger partial charge in [-0.1, -0.05) is 60.7 Å². The van der Waals surface area contributed by atoms with Gasteiger partial charge in [0.15, 0.2) is 0 Å². The van der Waals surface area contributed by atoms with Gasteiger partial charge in [0.25, 0.3) is 0 Å². The standard InChI is InChI=1S/C20H24N2O3/c21-18-11-16(13-23)12-22(19(18)17-9-5-2-6-10-17)20(24)25-14-15-7-3-1-4-8-15/h1-10,16,18-19,23H,11-14,21H2/t16-,18-,19+/m1/s1. The summed E-state index contributed by atoms with van der Waals surface area (Å²) < 4.78 is 5.51. The molecule has 3 rings (SSSR count). The van der Waals surface area contributed by atoms with Gasteiger partial charge in [-0.05, 0) is 17.5 Å². The number of hydrogen-bond donors (Lipinski definition) is 2. The number of carbonyl (C=O) groups excluding carboxylic acids is 1. The van der Waals surface area contributed by atoms with Crippen LogP contribution < -0.4 is 5.73 Å². The van der Waals surface area contributed by atoms with Crippen molar-refractivity contribution in [2.75, 3.05) is 13.2 Å². The minimum atomic E-state index is -0.397. The molecule has 0 spiro atoms. The number of hydrogen-bond acceptors (Lipinski definition) is 4. The number of amides is 1. The molecule has 0 radical (unpaired) electrons. The lowest BCUT2D eigenvalue weighted by Crippen LogP contribution is -2.52. The van der Waals surface area contributed by atoms with E-state index >= 15 is 0 Å². The Bertz CT molecular complexity index is 678. The maximum absolute atomic E-state index is 12.7. The summed E-state index contributed by atoms with van der Waals surface area (Å²) in [4.78, 5) is 14.4. The van der Waals surface area contributed by atoms with Crippen LogP contribution in [0.1, 0.15) is 23.6 Å². The molecule has 0 aromatic heterocycles. The van der Waals surface area contributed by atoms with Crippen molar-refractivity contribution in [3.8, 4) is 0 Å². The van der Waals surface area contributed by atoms with Gasteiger partial charge in [-0.2, -0.15) is 0 Å². The van der Waals surface area contributed by atoms with E-state index in [1.54, 1.807) is 4.90 Å². The van der Waals surface area contributed by atoms with Crippen LogP contribution in [0.5, 0.6) is 0 Å². The highest BCUT2D eigenvalue weighted by Gasteiger charge is 2.38. The van der Waals surface area contributed by atoms with Crippen molar-refractivity contribution in [2.24, 2.45) is 11.7 Å². The monoisotopic (exact) mass is 340 g/mol. The van der Waals surface area contributed by atoms with E-state index in [2.05, 4.69) is 0 Å². The number of aliphatic hydroxyl groups excluding tert-OH is 1. The van der Waals surface area contributed by atoms with Crippen molar-refractivity contribution in [3.05, 3.63) is 71.8 Å². The van der Waals surface area contributed by atoms with E-state index in [1.165, 1.54) is 0 Å². The zero-order valence-corrected chi connectivity index (χ0v) is 14.1. The van der Waals surface area contributed by atoms with Gasteiger partial charge >= 0.3 is 6.09 Å². The van der Waals surface area contributed by atoms with Crippen LogP contribution in [0, 0.1) is 5.92 Å². The third kappa shape index (κ3) is 4.18. The average Bonchev–Trinajstić information content (AvgIpc) is 2.67. The smallest absolute Gasteiger partial charge is 0.410 e. The Labute approximate surface area is 148 Å². The fourth-order valence-electron chi connectivity index (χ4n) is 3.41. The number of rotatable bonds is 4. The lowest BCUT2D eigenvalue weighted by molar-refractivity contribution is 0.0343. The second-order valence-electron chi connectivity index (χ2n) is 6.50. The lowest BCUT2D eigenvalue weighted by Gasteiger charge is -2.42. The van der Waals surface area contributed by atoms with Crippen LogP contribution in [0.4, 0.5) is 4.79 Å². The molecule has 0 saturated carbocycles. The molecule has 1 fully saturated rings. The van der Waals surface area contributed by atoms with E-state index in [0.717, 1.165) is 11.1 Å². The van der Waals surface area contributed by atoms with Crippen LogP contribution in [-0.4, -0.2) is 35.3 Å². The van der Waals surface area contributed by atoms with Crippen LogP contribution in [0.2, 0.25) is 0 Å². The second-order valence-corrected chi connectivity index (χ2v) is 6.50. The maximum atomic E-state index is 12.7. The van der Waals surface area contributed by atoms with Crippen molar-refractivity contribution in [1.29, 1.82) is 0 Å². The average molecular weight is 340 g/mol. The fourth-order valence-corrected chi connectivity index (χ4v) is 3.41. The SMILES string of the molecule is N[C@@H]1C[C@@H](CO)CN(C(=O)OCc2ccccc2)[C@H]1c1ccccc1. The molecule has 0 aliphatic carbocycles. The molecule has 1 saturated heterocycles. The van der Waals surface area contributed by atoms with Gasteiger partial charge in [-0.15, -0.1) is 0 Å². The number of aliphatic hydroxyl groups is 1. The second kappa shape index (κ2) is 8.14. The first-order chi connectivity index (χ1) is 12.2. The van der Waals surface area contributed by atoms with E-state index in [9.17, 15) is 9.90 Å². The highest BCUT2D eigenvalue weighted by Crippen LogP contribution is 2.33. The van der Waals surface area contributed by atoms with Gasteiger partial charge in [0, 0.05) is 25.1 Å². The van der Waals surface area contributed by atoms with Crippen molar-refractivity contribution in [2.45, 2.75) is 25.1 Å². The number of benzene rings is 2. The third-order valence-corrected chi connectivity index (χ3v) is 4.64. The molecule has 2 aromatic carbocycles. The highest BCUT2D eigenvalue weighted by molar-refractivity contribution is 5.69. The first-order valence-electron chi connectivity index (χ1n) is 8.57. The van der Waals surface area contributed by atoms with Crippen molar-refractivity contribution >= 4 is 6.09 Å². The quantitative estimate of drug-likeness (QED) is 0.897. The largest absolute Gasteiger partial charge is 0.445 e. The van der Waals surface area contributed by atoms with Gasteiger partial charge in [0.05, 0.1) is 6.04 Å². The molecule has 5 heteroatoms. The normalized spacial score (nSPS) is 23.3. The number of carbonyl (C=O) groups is 1. The summed E-state index contributed by atoms with van der Waals surface area (Å²) in [5.41, 5.74) is 8.28. The molecular formula is C20H24N2O3. The van der Waals surface area contributed by atoms with E-state index in [-0.39, 0.29) is 31.2 Å². The topological polar surface area (TPSA) is 75.8 Å². The van der Waals surface area contributed by atoms with Gasteiger partial charge in [-0.3, -0.25) is 4.90 Å². The highest BCUT2D eigenvalue weighted by atomic mass is 16.6. The zero-order valence-electron chi connectivity index (χ0n) is 14.1. The van der Waals surface area contributed by atoms with Gasteiger partial charge in [-0.25, -0.2) is 4.79 Å². The van der Waals surface area contributed by atoms with Crippen molar-refractivity contribution in [1.82, 2.24) is 4.90 Å². The Morgan fingerprint density at radius 3 is 2.40 bits per heavy atom. The molecule has 5 nitrogen and oxygen atoms in total. The number of piperidine rings is 1. The Morgan fingerprint density at radius 1 is 1.12 bits per heavy atom. The van der Waals surface area contributed by atoms with E-state index in [4.69, 9.17) is 10.5 Å². The minimum absolute atomic E-state index is 0.0116. The van der Waals surface area contributed by atoms with Gasteiger partial charge < -0.3 is 15.6 Å². The van der Waals surface area contributed by atoms with E-state index in [0.29, 0.717) is 13.0 Å². The molecule has 1 aliphatic rings. The molecule has 2 aromatic rings. The van der Waals surface area contributed by atoms with E-state index in [1.807, 2.05) is 60.7 Å². The molecule has 3 atom stereocenters. The summed E-state index contributed by atoms with van der Waals surface area (Å²) in [6.45, 7) is 0.672. The predicted molar refractivity (Wildman–Crippen MR) is 95.7 cm³/mol. The molecule has 0 bridgehead atoms. The Kier molecular flexibility index (Phi) is 5.68. The molecule has 25 heavy (non-hydrogen) atoms. The maximum Gasteiger partial charge on any atom is 0.410 e. The Balaban J connectivity index is 1.77. The summed E-state index contributed by atoms with van der Waals surface area (Å²) in [5, 5.41) is 9.54. The Morgan fingerprint density at radius 2 is 1.76 bits per heavy atom. The van der Waals surface area contributed by atoms with Crippen LogP contribution in [0.25, 0.3) is 0 Å². The van der Waals surface area contributed by atoms with Crippen LogP contribution in [0.3, 0.4) is 0 Å². The van der Waals surface area contributed by atoms with E-state index < -0.39 is 6.09 Å². The fraction of sp³-hybridized carbons (Fsp3) is 0.350. The first kappa shape index (κ1) is 17.5. The molecule has 1 heterocycles. The minimum Gasteiger partial charge on any atom is -0.445 e. The first-order valence-corrected chi connectivity index (χ1v) is 8.57. The van der Waals surface area contributed by atoms with Crippen LogP contribution >= 0.6 is 0 Å². The molecule has 132 valence electrons. The van der Waals surface area contributed by atoms with Crippen molar-refractivity contribution < 1.29 is 14.6 Å². The third-order valence-electron chi connectivity index (χ3n) is 4.64.